The molecule has 6 aliphatic heterocycles. The predicted molar refractivity (Wildman–Crippen MR) is 558 cm³/mol. The largest absolute Gasteiger partial charge is 0.458 e. The molecule has 17 aromatic rings. The van der Waals surface area contributed by atoms with Crippen molar-refractivity contribution in [2.75, 3.05) is 10.2 Å². The zero-order valence-corrected chi connectivity index (χ0v) is 81.4. The van der Waals surface area contributed by atoms with Crippen molar-refractivity contribution in [3.05, 3.63) is 280 Å². The molecule has 652 valence electrons. The minimum Gasteiger partial charge on any atom is -0.458 e. The second-order valence-corrected chi connectivity index (χ2v) is 47.4. The van der Waals surface area contributed by atoms with Crippen LogP contribution in [0.15, 0.2) is 218 Å². The molecule has 0 spiro atoms. The van der Waals surface area contributed by atoms with Crippen LogP contribution in [0.3, 0.4) is 0 Å². The molecule has 14 aromatic carbocycles. The molecule has 0 atom stereocenters. The molecule has 0 saturated heterocycles. The number of aryl methyl sites for hydroxylation is 3. The highest BCUT2D eigenvalue weighted by Gasteiger charge is 2.50. The summed E-state index contributed by atoms with van der Waals surface area (Å²) >= 11 is 0. The lowest BCUT2D eigenvalue weighted by Crippen LogP contribution is -2.64. The average molecular weight is 1710 g/mol. The summed E-state index contributed by atoms with van der Waals surface area (Å²) in [5.41, 5.74) is 38.0. The molecule has 0 aliphatic carbocycles. The Labute approximate surface area is 773 Å². The number of nitrogens with one attached hydrogen (secondary N) is 1. The van der Waals surface area contributed by atoms with E-state index in [1.54, 1.807) is 0 Å². The van der Waals surface area contributed by atoms with Crippen LogP contribution in [0, 0.1) is 20.8 Å². The van der Waals surface area contributed by atoms with Crippen molar-refractivity contribution in [1.82, 2.24) is 13.7 Å². The van der Waals surface area contributed by atoms with Gasteiger partial charge in [0.05, 0.1) is 55.8 Å². The summed E-state index contributed by atoms with van der Waals surface area (Å²) in [5, 5.41) is 11.6. The van der Waals surface area contributed by atoms with Crippen LogP contribution in [0.2, 0.25) is 0 Å². The van der Waals surface area contributed by atoms with Crippen molar-refractivity contribution in [2.45, 2.75) is 230 Å². The first-order valence-electron chi connectivity index (χ1n) is 47.5. The zero-order valence-electron chi connectivity index (χ0n) is 81.4. The lowest BCUT2D eigenvalue weighted by molar-refractivity contribution is 0.464. The third-order valence-corrected chi connectivity index (χ3v) is 29.9. The number of fused-ring (bicyclic) bond motifs is 21. The van der Waals surface area contributed by atoms with Crippen LogP contribution in [-0.2, 0) is 43.3 Å². The van der Waals surface area contributed by atoms with E-state index in [4.69, 9.17) is 18.9 Å². The minimum atomic E-state index is -0.400. The number of benzene rings is 14. The smallest absolute Gasteiger partial charge is 0.260 e. The summed E-state index contributed by atoms with van der Waals surface area (Å²) in [6, 6.07) is 85.6. The summed E-state index contributed by atoms with van der Waals surface area (Å²) in [4.78, 5) is 2.60. The van der Waals surface area contributed by atoms with Crippen LogP contribution >= 0.6 is 0 Å². The first-order valence-corrected chi connectivity index (χ1v) is 47.5. The van der Waals surface area contributed by atoms with Crippen LogP contribution in [0.25, 0.3) is 82.5 Å². The Morgan fingerprint density at radius 1 is 0.229 bits per heavy atom. The molecule has 3 aromatic heterocycles. The molecule has 0 saturated carbocycles. The molecule has 0 unspecified atom stereocenters. The van der Waals surface area contributed by atoms with Gasteiger partial charge in [0.2, 0.25) is 0 Å². The Balaban J connectivity index is 0.793. The Morgan fingerprint density at radius 3 is 0.893 bits per heavy atom. The highest BCUT2D eigenvalue weighted by molar-refractivity contribution is 7.03. The van der Waals surface area contributed by atoms with Crippen molar-refractivity contribution in [3.63, 3.8) is 0 Å². The van der Waals surface area contributed by atoms with E-state index in [0.717, 1.165) is 168 Å². The molecule has 131 heavy (non-hydrogen) atoms. The molecule has 0 fully saturated rings. The molecule has 0 bridgehead atoms. The quantitative estimate of drug-likeness (QED) is 0.177. The SMILES string of the molecule is Cc1cc(C)c(N2c3cc4c(cc3B3c5cc(C(C)(C)C)ccc5Oc5cc(-n6c7ccc(C(C)(C)C)cc7c7cc(C(C)(C)C)ccc76)cc2c53)B2c3cc5c(cc3Oc3cc(-n6c7ccc(C(C)(C)C)cc7c7cc(C(C)(C)C)ccc76)cc(c32)O4)Nc2cc(-n3c4ccc(C(C)(C)C)cc4c4cc(C(C)(C)C)ccc43)cc3c2B5c2cc(C(C)(C)C)ccc2O3)c(C)c1. The van der Waals surface area contributed by atoms with Crippen molar-refractivity contribution >= 4 is 163 Å². The van der Waals surface area contributed by atoms with Gasteiger partial charge in [0, 0.05) is 96.9 Å². The lowest BCUT2D eigenvalue weighted by Gasteiger charge is -2.43. The molecule has 23 rings (SSSR count). The normalized spacial score (nSPS) is 14.5. The summed E-state index contributed by atoms with van der Waals surface area (Å²) in [5.74, 6) is 6.44. The van der Waals surface area contributed by atoms with E-state index in [-0.39, 0.29) is 56.7 Å². The maximum absolute atomic E-state index is 8.11. The Hall–Kier alpha value is -12.5. The molecule has 9 heterocycles. The number of anilines is 5. The fraction of sp³-hybridized carbons (Fsp3) is 0.294. The summed E-state index contributed by atoms with van der Waals surface area (Å²) in [6.07, 6.45) is 0. The Morgan fingerprint density at radius 2 is 0.519 bits per heavy atom. The van der Waals surface area contributed by atoms with Crippen molar-refractivity contribution < 1.29 is 18.9 Å². The molecule has 0 amide bonds. The highest BCUT2D eigenvalue weighted by Crippen LogP contribution is 2.52. The number of hydrogen-bond donors (Lipinski definition) is 1. The van der Waals surface area contributed by atoms with Gasteiger partial charge in [-0.3, -0.25) is 0 Å². The first kappa shape index (κ1) is 82.9. The topological polar surface area (TPSA) is 67.0 Å². The molecule has 12 heteroatoms. The molecular formula is C119H118B3N5O4. The summed E-state index contributed by atoms with van der Waals surface area (Å²) < 4.78 is 38.7. The lowest BCUT2D eigenvalue weighted by atomic mass is 9.30. The van der Waals surface area contributed by atoms with Gasteiger partial charge in [-0.15, -0.1) is 0 Å². The molecule has 0 radical (unpaired) electrons. The van der Waals surface area contributed by atoms with E-state index in [0.29, 0.717) is 0 Å². The van der Waals surface area contributed by atoms with E-state index in [9.17, 15) is 0 Å². The van der Waals surface area contributed by atoms with Gasteiger partial charge in [-0.2, -0.15) is 0 Å². The van der Waals surface area contributed by atoms with E-state index in [1.165, 1.54) is 99.0 Å². The fourth-order valence-corrected chi connectivity index (χ4v) is 22.6. The average Bonchev–Trinajstić information content (AvgIpc) is 0.916. The van der Waals surface area contributed by atoms with Gasteiger partial charge in [0.25, 0.3) is 20.1 Å². The maximum Gasteiger partial charge on any atom is 0.260 e. The Kier molecular flexibility index (Phi) is 17.3. The third kappa shape index (κ3) is 12.7. The van der Waals surface area contributed by atoms with Gasteiger partial charge in [0.1, 0.15) is 46.0 Å². The maximum atomic E-state index is 8.11. The monoisotopic (exact) mass is 1710 g/mol. The van der Waals surface area contributed by atoms with Gasteiger partial charge in [-0.1, -0.05) is 257 Å². The second kappa shape index (κ2) is 27.3. The van der Waals surface area contributed by atoms with Crippen LogP contribution in [0.4, 0.5) is 28.4 Å². The van der Waals surface area contributed by atoms with E-state index >= 15 is 0 Å². The molecule has 1 N–H and O–H groups in total. The predicted octanol–water partition coefficient (Wildman–Crippen LogP) is 26.1. The number of hydrogen-bond acceptors (Lipinski definition) is 6. The van der Waals surface area contributed by atoms with E-state index in [2.05, 4.69) is 429 Å². The molecule has 9 nitrogen and oxygen atoms in total. The molecular weight excluding hydrogens is 1600 g/mol. The zero-order chi connectivity index (χ0) is 91.7. The van der Waals surface area contributed by atoms with Crippen LogP contribution in [0.5, 0.6) is 46.0 Å². The van der Waals surface area contributed by atoms with Gasteiger partial charge in [0.15, 0.2) is 0 Å². The highest BCUT2D eigenvalue weighted by atomic mass is 16.5. The third-order valence-electron chi connectivity index (χ3n) is 29.9. The second-order valence-electron chi connectivity index (χ2n) is 47.4. The summed E-state index contributed by atoms with van der Waals surface area (Å²) in [6.45, 7) is 61.6. The number of aromatic nitrogens is 3. The van der Waals surface area contributed by atoms with Crippen molar-refractivity contribution in [3.8, 4) is 63.1 Å². The van der Waals surface area contributed by atoms with Gasteiger partial charge in [-0.05, 0) is 260 Å². The van der Waals surface area contributed by atoms with Gasteiger partial charge < -0.3 is 42.9 Å². The van der Waals surface area contributed by atoms with E-state index in [1.807, 2.05) is 0 Å². The van der Waals surface area contributed by atoms with Gasteiger partial charge >= 0.3 is 0 Å². The standard InChI is InChI=1S/C119H118B3N5O4/c1-64-44-65(2)111(66(3)45-64)127-98-63-103-89(61-85(98)121-87-53-74(119(25,26)27)35-43-101(87)129-105-57-76(55-99(127)109(105)121)125-94-38-30-69(114(10,11)12)48-80(94)81-49-70(115(13,14)15)31-39-95(81)125)122-88-60-84-90(62-102(88)130-106-58-77(59-107(131-103)110(106)122)126-96-40-32-71(116(16,17)18)50-82(96)83-51-72(117(19,20)21)33-41-97(83)126)123-91-54-75(56-104-108(91)120(84)86-52-73(118(22,23)24)34-42-100(86)128-104)124-92-36-28-67(112(4,5)6)46-78(92)79-47-68(113(7,8)9)29-37-93(79)124/h28-63,123H,1-27H3. The van der Waals surface area contributed by atoms with E-state index < -0.39 is 6.71 Å². The van der Waals surface area contributed by atoms with Gasteiger partial charge in [-0.25, -0.2) is 0 Å². The fourth-order valence-electron chi connectivity index (χ4n) is 22.6. The minimum absolute atomic E-state index is 0.0593. The Bertz CT molecular complexity index is 7730. The van der Waals surface area contributed by atoms with Crippen LogP contribution in [0.1, 0.15) is 227 Å². The first-order chi connectivity index (χ1) is 61.7. The van der Waals surface area contributed by atoms with Crippen LogP contribution in [-0.4, -0.2) is 33.8 Å². The molecule has 6 aliphatic rings. The summed E-state index contributed by atoms with van der Waals surface area (Å²) in [7, 11) is 0. The van der Waals surface area contributed by atoms with Crippen molar-refractivity contribution in [2.24, 2.45) is 0 Å². The van der Waals surface area contributed by atoms with Crippen LogP contribution < -0.4 is 78.3 Å². The number of rotatable bonds is 4. The number of nitrogens with zero attached hydrogens (tertiary/aromatic N) is 4. The number of ether oxygens (including phenoxy) is 4. The van der Waals surface area contributed by atoms with Crippen molar-refractivity contribution in [1.29, 1.82) is 0 Å².